The summed E-state index contributed by atoms with van der Waals surface area (Å²) in [6.45, 7) is 13.6. The highest BCUT2D eigenvalue weighted by molar-refractivity contribution is 4.91. The van der Waals surface area contributed by atoms with E-state index in [1.807, 2.05) is 0 Å². The molecule has 16 heavy (non-hydrogen) atoms. The standard InChI is InChI=1S/C12H23N3O/c1-6-15(7-9(2)3)8-11-13-12(10(4)5)14-16-11/h9-10H,6-8H2,1-5H3. The van der Waals surface area contributed by atoms with Crippen molar-refractivity contribution in [2.75, 3.05) is 13.1 Å². The van der Waals surface area contributed by atoms with E-state index in [0.29, 0.717) is 11.8 Å². The van der Waals surface area contributed by atoms with E-state index < -0.39 is 0 Å². The quantitative estimate of drug-likeness (QED) is 0.746. The maximum Gasteiger partial charge on any atom is 0.240 e. The molecule has 0 amide bonds. The second kappa shape index (κ2) is 5.99. The van der Waals surface area contributed by atoms with Crippen molar-refractivity contribution >= 4 is 0 Å². The molecule has 0 aliphatic carbocycles. The molecule has 4 nitrogen and oxygen atoms in total. The van der Waals surface area contributed by atoms with Crippen molar-refractivity contribution < 1.29 is 4.52 Å². The maximum absolute atomic E-state index is 5.24. The summed E-state index contributed by atoms with van der Waals surface area (Å²) in [7, 11) is 0. The lowest BCUT2D eigenvalue weighted by atomic mass is 10.2. The molecule has 0 atom stereocenters. The first-order valence-corrected chi connectivity index (χ1v) is 6.07. The smallest absolute Gasteiger partial charge is 0.240 e. The third-order valence-corrected chi connectivity index (χ3v) is 2.43. The van der Waals surface area contributed by atoms with Crippen LogP contribution in [-0.4, -0.2) is 28.1 Å². The molecule has 1 aromatic heterocycles. The number of hydrogen-bond donors (Lipinski definition) is 0. The number of rotatable bonds is 6. The van der Waals surface area contributed by atoms with Gasteiger partial charge in [-0.15, -0.1) is 0 Å². The Morgan fingerprint density at radius 2 is 1.94 bits per heavy atom. The molecule has 0 saturated carbocycles. The Labute approximate surface area is 98.0 Å². The van der Waals surface area contributed by atoms with E-state index in [2.05, 4.69) is 49.7 Å². The molecule has 0 unspecified atom stereocenters. The third kappa shape index (κ3) is 3.93. The molecule has 0 saturated heterocycles. The zero-order chi connectivity index (χ0) is 12.1. The highest BCUT2D eigenvalue weighted by atomic mass is 16.5. The molecule has 0 radical (unpaired) electrons. The highest BCUT2D eigenvalue weighted by Gasteiger charge is 2.13. The van der Waals surface area contributed by atoms with Gasteiger partial charge in [-0.05, 0) is 12.5 Å². The summed E-state index contributed by atoms with van der Waals surface area (Å²) in [6.07, 6.45) is 0. The average Bonchev–Trinajstić information content (AvgIpc) is 2.64. The Balaban J connectivity index is 2.56. The first-order valence-electron chi connectivity index (χ1n) is 6.07. The Morgan fingerprint density at radius 3 is 2.38 bits per heavy atom. The van der Waals surface area contributed by atoms with Gasteiger partial charge >= 0.3 is 0 Å². The summed E-state index contributed by atoms with van der Waals surface area (Å²) in [6, 6.07) is 0. The molecule has 0 fully saturated rings. The Morgan fingerprint density at radius 1 is 1.25 bits per heavy atom. The lowest BCUT2D eigenvalue weighted by Gasteiger charge is -2.20. The number of hydrogen-bond acceptors (Lipinski definition) is 4. The van der Waals surface area contributed by atoms with Crippen LogP contribution < -0.4 is 0 Å². The van der Waals surface area contributed by atoms with Gasteiger partial charge in [-0.25, -0.2) is 0 Å². The van der Waals surface area contributed by atoms with Crippen LogP contribution in [0.25, 0.3) is 0 Å². The van der Waals surface area contributed by atoms with Gasteiger partial charge in [0.2, 0.25) is 5.89 Å². The molecule has 4 heteroatoms. The van der Waals surface area contributed by atoms with Crippen molar-refractivity contribution in [1.29, 1.82) is 0 Å². The zero-order valence-corrected chi connectivity index (χ0v) is 11.0. The van der Waals surface area contributed by atoms with Crippen LogP contribution in [0.3, 0.4) is 0 Å². The summed E-state index contributed by atoms with van der Waals surface area (Å²) < 4.78 is 5.24. The Kier molecular flexibility index (Phi) is 4.93. The molecule has 1 heterocycles. The van der Waals surface area contributed by atoms with E-state index in [9.17, 15) is 0 Å². The van der Waals surface area contributed by atoms with Crippen LogP contribution in [0.2, 0.25) is 0 Å². The SMILES string of the molecule is CCN(Cc1nc(C(C)C)no1)CC(C)C. The Hall–Kier alpha value is -0.900. The second-order valence-corrected chi connectivity index (χ2v) is 4.92. The molecule has 0 aliphatic rings. The minimum atomic E-state index is 0.331. The molecule has 0 spiro atoms. The molecule has 0 aliphatic heterocycles. The monoisotopic (exact) mass is 225 g/mol. The fourth-order valence-electron chi connectivity index (χ4n) is 1.58. The van der Waals surface area contributed by atoms with Gasteiger partial charge in [-0.1, -0.05) is 39.8 Å². The molecular weight excluding hydrogens is 202 g/mol. The third-order valence-electron chi connectivity index (χ3n) is 2.43. The van der Waals surface area contributed by atoms with Gasteiger partial charge in [0, 0.05) is 12.5 Å². The normalized spacial score (nSPS) is 12.0. The second-order valence-electron chi connectivity index (χ2n) is 4.92. The topological polar surface area (TPSA) is 42.2 Å². The van der Waals surface area contributed by atoms with Gasteiger partial charge in [0.15, 0.2) is 5.82 Å². The molecular formula is C12H23N3O. The predicted molar refractivity (Wildman–Crippen MR) is 64.2 cm³/mol. The van der Waals surface area contributed by atoms with Crippen molar-refractivity contribution in [2.45, 2.75) is 47.1 Å². The van der Waals surface area contributed by atoms with E-state index in [1.54, 1.807) is 0 Å². The van der Waals surface area contributed by atoms with Gasteiger partial charge < -0.3 is 4.52 Å². The van der Waals surface area contributed by atoms with Gasteiger partial charge in [-0.3, -0.25) is 4.90 Å². The summed E-state index contributed by atoms with van der Waals surface area (Å²) in [5.74, 6) is 2.52. The van der Waals surface area contributed by atoms with Crippen LogP contribution in [0.1, 0.15) is 52.3 Å². The van der Waals surface area contributed by atoms with Crippen LogP contribution in [0.5, 0.6) is 0 Å². The van der Waals surface area contributed by atoms with Gasteiger partial charge in [-0.2, -0.15) is 4.98 Å². The largest absolute Gasteiger partial charge is 0.338 e. The maximum atomic E-state index is 5.24. The van der Waals surface area contributed by atoms with Crippen LogP contribution in [0.15, 0.2) is 4.52 Å². The first-order chi connectivity index (χ1) is 7.52. The summed E-state index contributed by atoms with van der Waals surface area (Å²) in [5, 5.41) is 3.97. The Bertz CT molecular complexity index is 307. The van der Waals surface area contributed by atoms with Gasteiger partial charge in [0.05, 0.1) is 6.54 Å². The minimum absolute atomic E-state index is 0.331. The summed E-state index contributed by atoms with van der Waals surface area (Å²) in [4.78, 5) is 6.71. The van der Waals surface area contributed by atoms with Crippen molar-refractivity contribution in [3.63, 3.8) is 0 Å². The van der Waals surface area contributed by atoms with Crippen LogP contribution in [-0.2, 0) is 6.54 Å². The van der Waals surface area contributed by atoms with Gasteiger partial charge in [0.1, 0.15) is 0 Å². The van der Waals surface area contributed by atoms with Crippen LogP contribution in [0.4, 0.5) is 0 Å². The van der Waals surface area contributed by atoms with E-state index in [0.717, 1.165) is 31.3 Å². The minimum Gasteiger partial charge on any atom is -0.338 e. The fourth-order valence-corrected chi connectivity index (χ4v) is 1.58. The molecule has 1 rings (SSSR count). The van der Waals surface area contributed by atoms with E-state index >= 15 is 0 Å². The van der Waals surface area contributed by atoms with Crippen LogP contribution >= 0.6 is 0 Å². The molecule has 0 bridgehead atoms. The summed E-state index contributed by atoms with van der Waals surface area (Å²) >= 11 is 0. The zero-order valence-electron chi connectivity index (χ0n) is 11.0. The van der Waals surface area contributed by atoms with Gasteiger partial charge in [0.25, 0.3) is 0 Å². The molecule has 92 valence electrons. The average molecular weight is 225 g/mol. The molecule has 0 N–H and O–H groups in total. The van der Waals surface area contributed by atoms with Crippen LogP contribution in [0, 0.1) is 5.92 Å². The first kappa shape index (κ1) is 13.2. The fraction of sp³-hybridized carbons (Fsp3) is 0.833. The van der Waals surface area contributed by atoms with Crippen molar-refractivity contribution in [1.82, 2.24) is 15.0 Å². The number of aromatic nitrogens is 2. The lowest BCUT2D eigenvalue weighted by Crippen LogP contribution is -2.27. The number of nitrogens with zero attached hydrogens (tertiary/aromatic N) is 3. The van der Waals surface area contributed by atoms with E-state index in [-0.39, 0.29) is 0 Å². The van der Waals surface area contributed by atoms with E-state index in [4.69, 9.17) is 4.52 Å². The van der Waals surface area contributed by atoms with E-state index in [1.165, 1.54) is 0 Å². The lowest BCUT2D eigenvalue weighted by molar-refractivity contribution is 0.214. The highest BCUT2D eigenvalue weighted by Crippen LogP contribution is 2.11. The predicted octanol–water partition coefficient (Wildman–Crippen LogP) is 2.67. The molecule has 1 aromatic rings. The van der Waals surface area contributed by atoms with Crippen molar-refractivity contribution in [2.24, 2.45) is 5.92 Å². The van der Waals surface area contributed by atoms with Crippen molar-refractivity contribution in [3.05, 3.63) is 11.7 Å². The molecule has 0 aromatic carbocycles. The summed E-state index contributed by atoms with van der Waals surface area (Å²) in [5.41, 5.74) is 0. The van der Waals surface area contributed by atoms with Crippen molar-refractivity contribution in [3.8, 4) is 0 Å².